The quantitative estimate of drug-likeness (QED) is 0.544. The molecule has 1 aromatic carbocycles. The Balaban J connectivity index is 1.67. The van der Waals surface area contributed by atoms with E-state index in [0.29, 0.717) is 18.1 Å². The third-order valence-corrected chi connectivity index (χ3v) is 4.15. The average Bonchev–Trinajstić information content (AvgIpc) is 2.90. The van der Waals surface area contributed by atoms with Gasteiger partial charge in [-0.2, -0.15) is 0 Å². The zero-order chi connectivity index (χ0) is 14.4. The van der Waals surface area contributed by atoms with Crippen LogP contribution in [0.5, 0.6) is 5.75 Å². The first-order valence-electron chi connectivity index (χ1n) is 6.57. The van der Waals surface area contributed by atoms with Crippen molar-refractivity contribution in [1.82, 2.24) is 4.98 Å². The second kappa shape index (κ2) is 7.60. The first kappa shape index (κ1) is 15.3. The summed E-state index contributed by atoms with van der Waals surface area (Å²) in [7, 11) is 0. The molecule has 0 aliphatic carbocycles. The molecule has 20 heavy (non-hydrogen) atoms. The summed E-state index contributed by atoms with van der Waals surface area (Å²) in [5.41, 5.74) is 1.56. The van der Waals surface area contributed by atoms with E-state index < -0.39 is 0 Å². The van der Waals surface area contributed by atoms with E-state index >= 15 is 0 Å². The third-order valence-electron chi connectivity index (χ3n) is 2.92. The normalized spacial score (nSPS) is 10.8. The number of nitrogens with zero attached hydrogens (tertiary/aromatic N) is 1. The highest BCUT2D eigenvalue weighted by molar-refractivity contribution is 7.09. The SMILES string of the molecule is Cc1cc(OCCCCc2nc(CCl)cs2)ccc1F. The molecule has 2 aromatic rings. The van der Waals surface area contributed by atoms with Crippen molar-refractivity contribution in [3.05, 3.63) is 45.7 Å². The molecule has 5 heteroatoms. The lowest BCUT2D eigenvalue weighted by atomic mass is 10.2. The number of aromatic nitrogens is 1. The molecule has 0 unspecified atom stereocenters. The van der Waals surface area contributed by atoms with Crippen molar-refractivity contribution in [3.63, 3.8) is 0 Å². The van der Waals surface area contributed by atoms with E-state index in [2.05, 4.69) is 4.98 Å². The predicted molar refractivity (Wildman–Crippen MR) is 81.2 cm³/mol. The van der Waals surface area contributed by atoms with Crippen molar-refractivity contribution in [2.75, 3.05) is 6.61 Å². The van der Waals surface area contributed by atoms with E-state index in [1.165, 1.54) is 6.07 Å². The second-order valence-corrected chi connectivity index (χ2v) is 5.79. The lowest BCUT2D eigenvalue weighted by Gasteiger charge is -2.06. The fourth-order valence-corrected chi connectivity index (χ4v) is 2.87. The zero-order valence-corrected chi connectivity index (χ0v) is 12.9. The van der Waals surface area contributed by atoms with Crippen molar-refractivity contribution in [2.45, 2.75) is 32.1 Å². The van der Waals surface area contributed by atoms with Gasteiger partial charge in [-0.15, -0.1) is 22.9 Å². The molecule has 0 fully saturated rings. The molecule has 0 spiro atoms. The van der Waals surface area contributed by atoms with Crippen LogP contribution >= 0.6 is 22.9 Å². The highest BCUT2D eigenvalue weighted by Crippen LogP contribution is 2.17. The number of halogens is 2. The van der Waals surface area contributed by atoms with E-state index in [1.807, 2.05) is 5.38 Å². The molecule has 0 radical (unpaired) electrons. The van der Waals surface area contributed by atoms with Crippen LogP contribution in [0.3, 0.4) is 0 Å². The summed E-state index contributed by atoms with van der Waals surface area (Å²) in [6.07, 6.45) is 2.93. The number of rotatable bonds is 7. The van der Waals surface area contributed by atoms with Crippen molar-refractivity contribution >= 4 is 22.9 Å². The molecule has 0 saturated heterocycles. The summed E-state index contributed by atoms with van der Waals surface area (Å²) >= 11 is 7.37. The Morgan fingerprint density at radius 1 is 1.35 bits per heavy atom. The number of alkyl halides is 1. The highest BCUT2D eigenvalue weighted by atomic mass is 35.5. The van der Waals surface area contributed by atoms with Crippen molar-refractivity contribution in [1.29, 1.82) is 0 Å². The summed E-state index contributed by atoms with van der Waals surface area (Å²) in [4.78, 5) is 4.41. The van der Waals surface area contributed by atoms with Crippen molar-refractivity contribution < 1.29 is 9.13 Å². The first-order valence-corrected chi connectivity index (χ1v) is 7.98. The Morgan fingerprint density at radius 2 is 2.20 bits per heavy atom. The highest BCUT2D eigenvalue weighted by Gasteiger charge is 2.02. The van der Waals surface area contributed by atoms with Crippen LogP contribution in [0.2, 0.25) is 0 Å². The Morgan fingerprint density at radius 3 is 2.90 bits per heavy atom. The lowest BCUT2D eigenvalue weighted by Crippen LogP contribution is -1.99. The fourth-order valence-electron chi connectivity index (χ4n) is 1.80. The Bertz CT molecular complexity index is 559. The summed E-state index contributed by atoms with van der Waals surface area (Å²) in [5.74, 6) is 1.00. The lowest BCUT2D eigenvalue weighted by molar-refractivity contribution is 0.306. The summed E-state index contributed by atoms with van der Waals surface area (Å²) in [5, 5.41) is 3.12. The van der Waals surface area contributed by atoms with E-state index in [-0.39, 0.29) is 5.82 Å². The monoisotopic (exact) mass is 313 g/mol. The second-order valence-electron chi connectivity index (χ2n) is 4.58. The van der Waals surface area contributed by atoms with Crippen LogP contribution in [0.4, 0.5) is 4.39 Å². The van der Waals surface area contributed by atoms with Crippen LogP contribution in [0, 0.1) is 12.7 Å². The Labute approximate surface area is 127 Å². The van der Waals surface area contributed by atoms with Gasteiger partial charge in [0.2, 0.25) is 0 Å². The van der Waals surface area contributed by atoms with Gasteiger partial charge in [0.25, 0.3) is 0 Å². The molecule has 0 bridgehead atoms. The third kappa shape index (κ3) is 4.46. The minimum Gasteiger partial charge on any atom is -0.494 e. The van der Waals surface area contributed by atoms with Gasteiger partial charge in [-0.3, -0.25) is 0 Å². The number of unbranched alkanes of at least 4 members (excludes halogenated alkanes) is 1. The molecule has 0 amide bonds. The standard InChI is InChI=1S/C15H17ClFNOS/c1-11-8-13(5-6-14(11)17)19-7-3-2-4-15-18-12(9-16)10-20-15/h5-6,8,10H,2-4,7,9H2,1H3. The molecule has 0 N–H and O–H groups in total. The Hall–Kier alpha value is -1.13. The summed E-state index contributed by atoms with van der Waals surface area (Å²) < 4.78 is 18.7. The maximum Gasteiger partial charge on any atom is 0.126 e. The molecule has 0 aliphatic heterocycles. The van der Waals surface area contributed by atoms with E-state index in [9.17, 15) is 4.39 Å². The minimum atomic E-state index is -0.198. The van der Waals surface area contributed by atoms with Crippen LogP contribution in [0.25, 0.3) is 0 Å². The number of thiazole rings is 1. The van der Waals surface area contributed by atoms with Crippen LogP contribution in [0.1, 0.15) is 29.1 Å². The van der Waals surface area contributed by atoms with Gasteiger partial charge in [-0.1, -0.05) is 0 Å². The average molecular weight is 314 g/mol. The van der Waals surface area contributed by atoms with Gasteiger partial charge in [-0.05, 0) is 49.9 Å². The van der Waals surface area contributed by atoms with Gasteiger partial charge in [-0.25, -0.2) is 9.37 Å². The van der Waals surface area contributed by atoms with Gasteiger partial charge >= 0.3 is 0 Å². The van der Waals surface area contributed by atoms with Gasteiger partial charge < -0.3 is 4.74 Å². The maximum absolute atomic E-state index is 13.1. The maximum atomic E-state index is 13.1. The van der Waals surface area contributed by atoms with Crippen molar-refractivity contribution in [2.24, 2.45) is 0 Å². The van der Waals surface area contributed by atoms with Gasteiger partial charge in [0.05, 0.1) is 23.2 Å². The number of hydrogen-bond donors (Lipinski definition) is 0. The molecule has 2 rings (SSSR count). The Kier molecular flexibility index (Phi) is 5.80. The first-order chi connectivity index (χ1) is 9.69. The molecule has 1 aromatic heterocycles. The molecule has 0 saturated carbocycles. The van der Waals surface area contributed by atoms with Gasteiger partial charge in [0, 0.05) is 5.38 Å². The topological polar surface area (TPSA) is 22.1 Å². The number of benzene rings is 1. The zero-order valence-electron chi connectivity index (χ0n) is 11.4. The molecular weight excluding hydrogens is 297 g/mol. The smallest absolute Gasteiger partial charge is 0.126 e. The van der Waals surface area contributed by atoms with Gasteiger partial charge in [0.15, 0.2) is 0 Å². The molecule has 0 atom stereocenters. The van der Waals surface area contributed by atoms with E-state index in [0.717, 1.165) is 35.7 Å². The molecule has 2 nitrogen and oxygen atoms in total. The van der Waals surface area contributed by atoms with E-state index in [1.54, 1.807) is 30.4 Å². The molecule has 1 heterocycles. The molecule has 0 aliphatic rings. The summed E-state index contributed by atoms with van der Waals surface area (Å²) in [6.45, 7) is 2.37. The molecular formula is C15H17ClFNOS. The minimum absolute atomic E-state index is 0.198. The van der Waals surface area contributed by atoms with Gasteiger partial charge in [0.1, 0.15) is 11.6 Å². The van der Waals surface area contributed by atoms with Crippen LogP contribution in [0.15, 0.2) is 23.6 Å². The van der Waals surface area contributed by atoms with Crippen LogP contribution < -0.4 is 4.74 Å². The largest absolute Gasteiger partial charge is 0.494 e. The van der Waals surface area contributed by atoms with Crippen LogP contribution in [-0.2, 0) is 12.3 Å². The van der Waals surface area contributed by atoms with Crippen molar-refractivity contribution in [3.8, 4) is 5.75 Å². The number of hydrogen-bond acceptors (Lipinski definition) is 3. The number of aryl methyl sites for hydroxylation is 2. The molecule has 108 valence electrons. The number of ether oxygens (including phenoxy) is 1. The fraction of sp³-hybridized carbons (Fsp3) is 0.400. The van der Waals surface area contributed by atoms with E-state index in [4.69, 9.17) is 16.3 Å². The summed E-state index contributed by atoms with van der Waals surface area (Å²) in [6, 6.07) is 4.83. The van der Waals surface area contributed by atoms with Crippen LogP contribution in [-0.4, -0.2) is 11.6 Å². The predicted octanol–water partition coefficient (Wildman–Crippen LogP) is 4.73.